The molecule has 3 aromatic rings. The van der Waals surface area contributed by atoms with Gasteiger partial charge in [-0.25, -0.2) is 4.79 Å². The van der Waals surface area contributed by atoms with Gasteiger partial charge in [-0.05, 0) is 30.2 Å². The van der Waals surface area contributed by atoms with E-state index in [0.717, 1.165) is 5.56 Å². The van der Waals surface area contributed by atoms with E-state index in [0.29, 0.717) is 34.7 Å². The average Bonchev–Trinajstić information content (AvgIpc) is 2.86. The van der Waals surface area contributed by atoms with Crippen molar-refractivity contribution in [3.63, 3.8) is 0 Å². The summed E-state index contributed by atoms with van der Waals surface area (Å²) in [6.45, 7) is 0. The average molecular weight is 317 g/mol. The number of aryl methyl sites for hydroxylation is 1. The van der Waals surface area contributed by atoms with Gasteiger partial charge in [0.15, 0.2) is 5.58 Å². The molecule has 0 aliphatic carbocycles. The molecule has 0 fully saturated rings. The summed E-state index contributed by atoms with van der Waals surface area (Å²) in [5.41, 5.74) is 2.53. The lowest BCUT2D eigenvalue weighted by molar-refractivity contribution is -0.116. The van der Waals surface area contributed by atoms with Gasteiger partial charge < -0.3 is 9.73 Å². The molecule has 0 radical (unpaired) electrons. The molecule has 112 valence electrons. The first kappa shape index (κ1) is 14.4. The zero-order valence-corrected chi connectivity index (χ0v) is 12.3. The van der Waals surface area contributed by atoms with Gasteiger partial charge in [0.2, 0.25) is 5.91 Å². The maximum atomic E-state index is 12.0. The number of benzene rings is 2. The SMILES string of the molecule is O=C(CCc1ccccc1Cl)Nc1ccc2[nH]c(=O)oc2c1. The lowest BCUT2D eigenvalue weighted by atomic mass is 10.1. The molecule has 0 saturated heterocycles. The Bertz CT molecular complexity index is 882. The third kappa shape index (κ3) is 3.20. The maximum absolute atomic E-state index is 12.0. The van der Waals surface area contributed by atoms with Crippen LogP contribution < -0.4 is 11.1 Å². The van der Waals surface area contributed by atoms with Crippen LogP contribution >= 0.6 is 11.6 Å². The maximum Gasteiger partial charge on any atom is 0.417 e. The molecule has 0 unspecified atom stereocenters. The molecule has 0 spiro atoms. The van der Waals surface area contributed by atoms with Crippen LogP contribution in [0.3, 0.4) is 0 Å². The van der Waals surface area contributed by atoms with E-state index in [1.54, 1.807) is 24.3 Å². The molecule has 2 N–H and O–H groups in total. The van der Waals surface area contributed by atoms with Crippen LogP contribution in [0, 0.1) is 0 Å². The first-order valence-corrected chi connectivity index (χ1v) is 7.16. The molecule has 2 aromatic carbocycles. The number of hydrogen-bond donors (Lipinski definition) is 2. The van der Waals surface area contributed by atoms with Gasteiger partial charge in [-0.2, -0.15) is 0 Å². The van der Waals surface area contributed by atoms with Gasteiger partial charge in [-0.3, -0.25) is 9.78 Å². The fourth-order valence-electron chi connectivity index (χ4n) is 2.20. The second-order valence-electron chi connectivity index (χ2n) is 4.87. The van der Waals surface area contributed by atoms with E-state index in [1.165, 1.54) is 0 Å². The predicted octanol–water partition coefficient (Wildman–Crippen LogP) is 3.35. The number of oxazole rings is 1. The number of nitrogens with one attached hydrogen (secondary N) is 2. The quantitative estimate of drug-likeness (QED) is 0.775. The summed E-state index contributed by atoms with van der Waals surface area (Å²) in [7, 11) is 0. The molecule has 22 heavy (non-hydrogen) atoms. The summed E-state index contributed by atoms with van der Waals surface area (Å²) in [5.74, 6) is -0.644. The van der Waals surface area contributed by atoms with Crippen molar-refractivity contribution < 1.29 is 9.21 Å². The fourth-order valence-corrected chi connectivity index (χ4v) is 2.43. The van der Waals surface area contributed by atoms with Gasteiger partial charge >= 0.3 is 5.76 Å². The Hall–Kier alpha value is -2.53. The normalized spacial score (nSPS) is 10.8. The lowest BCUT2D eigenvalue weighted by Crippen LogP contribution is -2.12. The number of aromatic amines is 1. The first-order valence-electron chi connectivity index (χ1n) is 6.78. The largest absolute Gasteiger partial charge is 0.417 e. The zero-order valence-electron chi connectivity index (χ0n) is 11.6. The van der Waals surface area contributed by atoms with Gasteiger partial charge in [0, 0.05) is 23.2 Å². The van der Waals surface area contributed by atoms with Crippen molar-refractivity contribution in [1.82, 2.24) is 4.98 Å². The topological polar surface area (TPSA) is 75.1 Å². The van der Waals surface area contributed by atoms with Crippen LogP contribution in [0.1, 0.15) is 12.0 Å². The van der Waals surface area contributed by atoms with Crippen molar-refractivity contribution in [1.29, 1.82) is 0 Å². The van der Waals surface area contributed by atoms with Crippen LogP contribution in [0.4, 0.5) is 5.69 Å². The summed E-state index contributed by atoms with van der Waals surface area (Å²) in [6, 6.07) is 12.4. The molecule has 1 heterocycles. The monoisotopic (exact) mass is 316 g/mol. The summed E-state index contributed by atoms with van der Waals surface area (Å²) in [6.07, 6.45) is 0.881. The zero-order chi connectivity index (χ0) is 15.5. The fraction of sp³-hybridized carbons (Fsp3) is 0.125. The van der Waals surface area contributed by atoms with Crippen LogP contribution in [0.5, 0.6) is 0 Å². The third-order valence-electron chi connectivity index (χ3n) is 3.28. The Morgan fingerprint density at radius 3 is 2.86 bits per heavy atom. The highest BCUT2D eigenvalue weighted by Crippen LogP contribution is 2.18. The minimum Gasteiger partial charge on any atom is -0.408 e. The minimum absolute atomic E-state index is 0.128. The van der Waals surface area contributed by atoms with Gasteiger partial charge in [-0.15, -0.1) is 0 Å². The highest BCUT2D eigenvalue weighted by molar-refractivity contribution is 6.31. The highest BCUT2D eigenvalue weighted by Gasteiger charge is 2.07. The molecule has 5 nitrogen and oxygen atoms in total. The Balaban J connectivity index is 1.65. The lowest BCUT2D eigenvalue weighted by Gasteiger charge is -2.06. The van der Waals surface area contributed by atoms with Crippen LogP contribution in [0.2, 0.25) is 5.02 Å². The number of H-pyrrole nitrogens is 1. The molecular formula is C16H13ClN2O3. The summed E-state index contributed by atoms with van der Waals surface area (Å²) in [5, 5.41) is 3.43. The smallest absolute Gasteiger partial charge is 0.408 e. The van der Waals surface area contributed by atoms with Crippen LogP contribution in [-0.4, -0.2) is 10.9 Å². The van der Waals surface area contributed by atoms with Crippen molar-refractivity contribution in [2.24, 2.45) is 0 Å². The van der Waals surface area contributed by atoms with E-state index in [4.69, 9.17) is 16.0 Å². The highest BCUT2D eigenvalue weighted by atomic mass is 35.5. The number of amides is 1. The molecule has 6 heteroatoms. The molecule has 1 amide bonds. The predicted molar refractivity (Wildman–Crippen MR) is 85.2 cm³/mol. The Kier molecular flexibility index (Phi) is 3.98. The molecule has 3 rings (SSSR count). The minimum atomic E-state index is -0.516. The molecular weight excluding hydrogens is 304 g/mol. The first-order chi connectivity index (χ1) is 10.6. The van der Waals surface area contributed by atoms with E-state index in [-0.39, 0.29) is 5.91 Å². The van der Waals surface area contributed by atoms with Gasteiger partial charge in [0.25, 0.3) is 0 Å². The Morgan fingerprint density at radius 2 is 2.05 bits per heavy atom. The van der Waals surface area contributed by atoms with Crippen LogP contribution in [-0.2, 0) is 11.2 Å². The van der Waals surface area contributed by atoms with E-state index < -0.39 is 5.76 Å². The van der Waals surface area contributed by atoms with Crippen LogP contribution in [0.15, 0.2) is 51.7 Å². The van der Waals surface area contributed by atoms with E-state index in [2.05, 4.69) is 10.3 Å². The molecule has 0 saturated carbocycles. The summed E-state index contributed by atoms with van der Waals surface area (Å²) >= 11 is 6.06. The Morgan fingerprint density at radius 1 is 1.23 bits per heavy atom. The summed E-state index contributed by atoms with van der Waals surface area (Å²) < 4.78 is 4.96. The van der Waals surface area contributed by atoms with Crippen molar-refractivity contribution in [3.8, 4) is 0 Å². The van der Waals surface area contributed by atoms with Gasteiger partial charge in [0.1, 0.15) is 0 Å². The van der Waals surface area contributed by atoms with E-state index in [9.17, 15) is 9.59 Å². The van der Waals surface area contributed by atoms with Crippen molar-refractivity contribution in [3.05, 3.63) is 63.6 Å². The Labute approximate surface area is 130 Å². The number of hydrogen-bond acceptors (Lipinski definition) is 3. The number of carbonyl (C=O) groups excluding carboxylic acids is 1. The van der Waals surface area contributed by atoms with Crippen molar-refractivity contribution in [2.45, 2.75) is 12.8 Å². The number of fused-ring (bicyclic) bond motifs is 1. The third-order valence-corrected chi connectivity index (χ3v) is 3.65. The molecule has 0 atom stereocenters. The standard InChI is InChI=1S/C16H13ClN2O3/c17-12-4-2-1-3-10(12)5-8-15(20)18-11-6-7-13-14(9-11)22-16(21)19-13/h1-4,6-7,9H,5,8H2,(H,18,20)(H,19,21). The molecule has 0 aliphatic rings. The number of aromatic nitrogens is 1. The molecule has 1 aromatic heterocycles. The second-order valence-corrected chi connectivity index (χ2v) is 5.27. The number of rotatable bonds is 4. The molecule has 0 bridgehead atoms. The molecule has 0 aliphatic heterocycles. The van der Waals surface area contributed by atoms with E-state index in [1.807, 2.05) is 18.2 Å². The van der Waals surface area contributed by atoms with Crippen molar-refractivity contribution >= 4 is 34.3 Å². The number of halogens is 1. The van der Waals surface area contributed by atoms with E-state index >= 15 is 0 Å². The number of carbonyl (C=O) groups is 1. The number of anilines is 1. The second kappa shape index (κ2) is 6.07. The van der Waals surface area contributed by atoms with Gasteiger partial charge in [-0.1, -0.05) is 29.8 Å². The van der Waals surface area contributed by atoms with Gasteiger partial charge in [0.05, 0.1) is 5.52 Å². The summed E-state index contributed by atoms with van der Waals surface area (Å²) in [4.78, 5) is 25.6. The van der Waals surface area contributed by atoms with Crippen molar-refractivity contribution in [2.75, 3.05) is 5.32 Å². The van der Waals surface area contributed by atoms with Crippen LogP contribution in [0.25, 0.3) is 11.1 Å².